The Bertz CT molecular complexity index is 530. The fraction of sp³-hybridized carbons (Fsp3) is 0.231. The van der Waals surface area contributed by atoms with Gasteiger partial charge in [0.1, 0.15) is 12.0 Å². The highest BCUT2D eigenvalue weighted by atomic mass is 16.6. The van der Waals surface area contributed by atoms with Gasteiger partial charge in [-0.05, 0) is 24.1 Å². The zero-order chi connectivity index (χ0) is 13.0. The number of nitrogens with zero attached hydrogens (tertiary/aromatic N) is 1. The number of hydrogen-bond acceptors (Lipinski definition) is 4. The van der Waals surface area contributed by atoms with Crippen LogP contribution in [0.4, 0.5) is 0 Å². The summed E-state index contributed by atoms with van der Waals surface area (Å²) in [7, 11) is 0. The first-order chi connectivity index (χ1) is 8.69. The molecule has 1 aromatic heterocycles. The first-order valence-electron chi connectivity index (χ1n) is 5.64. The van der Waals surface area contributed by atoms with Crippen LogP contribution >= 0.6 is 0 Å². The molecule has 0 fully saturated rings. The zero-order valence-corrected chi connectivity index (χ0v) is 9.92. The molecule has 0 atom stereocenters. The van der Waals surface area contributed by atoms with E-state index in [0.29, 0.717) is 5.75 Å². The molecule has 1 N–H and O–H groups in total. The minimum Gasteiger partial charge on any atom is -0.476 e. The van der Waals surface area contributed by atoms with Crippen molar-refractivity contribution in [3.05, 3.63) is 41.8 Å². The minimum atomic E-state index is -1.15. The van der Waals surface area contributed by atoms with Crippen LogP contribution in [-0.4, -0.2) is 16.1 Å². The molecule has 0 aliphatic carbocycles. The van der Waals surface area contributed by atoms with Gasteiger partial charge in [-0.25, -0.2) is 4.79 Å². The van der Waals surface area contributed by atoms with E-state index >= 15 is 0 Å². The van der Waals surface area contributed by atoms with Crippen molar-refractivity contribution in [1.29, 1.82) is 0 Å². The average molecular weight is 247 g/mol. The van der Waals surface area contributed by atoms with Crippen LogP contribution in [0.2, 0.25) is 0 Å². The number of carbonyl (C=O) groups is 1. The molecule has 5 heteroatoms. The van der Waals surface area contributed by atoms with Gasteiger partial charge >= 0.3 is 12.0 Å². The predicted molar refractivity (Wildman–Crippen MR) is 64.0 cm³/mol. The summed E-state index contributed by atoms with van der Waals surface area (Å²) in [6.07, 6.45) is 3.07. The maximum absolute atomic E-state index is 10.6. The van der Waals surface area contributed by atoms with Crippen molar-refractivity contribution < 1.29 is 19.1 Å². The molecule has 5 nitrogen and oxygen atoms in total. The van der Waals surface area contributed by atoms with Gasteiger partial charge in [-0.15, -0.1) is 0 Å². The number of aryl methyl sites for hydroxylation is 1. The SMILES string of the molecule is CCCc1ccc(Oc2nc(C(=O)O)co2)cc1. The van der Waals surface area contributed by atoms with Crippen LogP contribution in [0, 0.1) is 0 Å². The van der Waals surface area contributed by atoms with Gasteiger partial charge in [0.15, 0.2) is 5.69 Å². The molecule has 2 rings (SSSR count). The predicted octanol–water partition coefficient (Wildman–Crippen LogP) is 3.12. The molecule has 0 bridgehead atoms. The van der Waals surface area contributed by atoms with Gasteiger partial charge < -0.3 is 14.3 Å². The number of benzene rings is 1. The summed E-state index contributed by atoms with van der Waals surface area (Å²) in [5.74, 6) is -0.583. The number of rotatable bonds is 5. The van der Waals surface area contributed by atoms with Crippen molar-refractivity contribution in [2.45, 2.75) is 19.8 Å². The van der Waals surface area contributed by atoms with Crippen molar-refractivity contribution in [3.8, 4) is 11.8 Å². The molecule has 18 heavy (non-hydrogen) atoms. The van der Waals surface area contributed by atoms with E-state index in [1.807, 2.05) is 12.1 Å². The Labute approximate surface area is 104 Å². The number of carboxylic acids is 1. The van der Waals surface area contributed by atoms with Crippen molar-refractivity contribution >= 4 is 5.97 Å². The summed E-state index contributed by atoms with van der Waals surface area (Å²) in [5, 5.41) is 8.68. The van der Waals surface area contributed by atoms with Gasteiger partial charge in [0.25, 0.3) is 0 Å². The Balaban J connectivity index is 2.06. The third-order valence-electron chi connectivity index (χ3n) is 2.37. The van der Waals surface area contributed by atoms with E-state index in [-0.39, 0.29) is 11.8 Å². The molecule has 0 unspecified atom stereocenters. The Morgan fingerprint density at radius 3 is 2.67 bits per heavy atom. The maximum atomic E-state index is 10.6. The van der Waals surface area contributed by atoms with E-state index < -0.39 is 5.97 Å². The summed E-state index contributed by atoms with van der Waals surface area (Å²) in [4.78, 5) is 14.3. The van der Waals surface area contributed by atoms with Gasteiger partial charge in [-0.1, -0.05) is 25.5 Å². The molecule has 0 radical (unpaired) electrons. The number of aromatic nitrogens is 1. The highest BCUT2D eigenvalue weighted by Crippen LogP contribution is 2.21. The molecule has 0 aliphatic heterocycles. The second-order valence-electron chi connectivity index (χ2n) is 3.80. The van der Waals surface area contributed by atoms with E-state index in [1.54, 1.807) is 12.1 Å². The van der Waals surface area contributed by atoms with Crippen LogP contribution in [0.5, 0.6) is 11.8 Å². The second-order valence-corrected chi connectivity index (χ2v) is 3.80. The number of ether oxygens (including phenoxy) is 1. The smallest absolute Gasteiger partial charge is 0.399 e. The van der Waals surface area contributed by atoms with Crippen molar-refractivity contribution in [2.75, 3.05) is 0 Å². The molecule has 0 spiro atoms. The van der Waals surface area contributed by atoms with Gasteiger partial charge in [0, 0.05) is 0 Å². The van der Waals surface area contributed by atoms with Crippen LogP contribution in [-0.2, 0) is 6.42 Å². The Kier molecular flexibility index (Phi) is 3.62. The van der Waals surface area contributed by atoms with E-state index in [4.69, 9.17) is 14.3 Å². The minimum absolute atomic E-state index is 0.0735. The zero-order valence-electron chi connectivity index (χ0n) is 9.92. The molecule has 2 aromatic rings. The van der Waals surface area contributed by atoms with Gasteiger partial charge in [-0.2, -0.15) is 4.98 Å². The summed E-state index contributed by atoms with van der Waals surface area (Å²) in [6.45, 7) is 2.12. The van der Waals surface area contributed by atoms with Gasteiger partial charge in [0.2, 0.25) is 0 Å². The van der Waals surface area contributed by atoms with E-state index in [2.05, 4.69) is 11.9 Å². The lowest BCUT2D eigenvalue weighted by Crippen LogP contribution is -1.95. The number of carboxylic acid groups (broad SMARTS) is 1. The van der Waals surface area contributed by atoms with Gasteiger partial charge in [-0.3, -0.25) is 0 Å². The van der Waals surface area contributed by atoms with Crippen LogP contribution in [0.1, 0.15) is 29.4 Å². The van der Waals surface area contributed by atoms with Crippen LogP contribution in [0.3, 0.4) is 0 Å². The molecular formula is C13H13NO4. The summed E-state index contributed by atoms with van der Waals surface area (Å²) in [5.41, 5.74) is 1.05. The van der Waals surface area contributed by atoms with E-state index in [0.717, 1.165) is 19.1 Å². The second kappa shape index (κ2) is 5.35. The lowest BCUT2D eigenvalue weighted by Gasteiger charge is -2.02. The van der Waals surface area contributed by atoms with Crippen LogP contribution in [0.15, 0.2) is 34.9 Å². The maximum Gasteiger partial charge on any atom is 0.399 e. The molecular weight excluding hydrogens is 234 g/mol. The standard InChI is InChI=1S/C13H13NO4/c1-2-3-9-4-6-10(7-5-9)18-13-14-11(8-17-13)12(15)16/h4-8H,2-3H2,1H3,(H,15,16). The Hall–Kier alpha value is -2.30. The largest absolute Gasteiger partial charge is 0.476 e. The first kappa shape index (κ1) is 12.2. The van der Waals surface area contributed by atoms with Crippen LogP contribution in [0.25, 0.3) is 0 Å². The lowest BCUT2D eigenvalue weighted by molar-refractivity contribution is 0.0690. The van der Waals surface area contributed by atoms with E-state index in [9.17, 15) is 4.79 Å². The number of oxazole rings is 1. The number of aromatic carboxylic acids is 1. The molecule has 0 saturated heterocycles. The molecule has 0 saturated carbocycles. The topological polar surface area (TPSA) is 72.6 Å². The van der Waals surface area contributed by atoms with Crippen molar-refractivity contribution in [3.63, 3.8) is 0 Å². The monoisotopic (exact) mass is 247 g/mol. The average Bonchev–Trinajstić information content (AvgIpc) is 2.81. The Morgan fingerprint density at radius 2 is 2.11 bits per heavy atom. The van der Waals surface area contributed by atoms with Crippen LogP contribution < -0.4 is 4.74 Å². The molecule has 0 aliphatic rings. The third kappa shape index (κ3) is 2.88. The number of hydrogen-bond donors (Lipinski definition) is 1. The van der Waals surface area contributed by atoms with Crippen molar-refractivity contribution in [1.82, 2.24) is 4.98 Å². The fourth-order valence-corrected chi connectivity index (χ4v) is 1.52. The van der Waals surface area contributed by atoms with Gasteiger partial charge in [0.05, 0.1) is 0 Å². The molecule has 1 heterocycles. The first-order valence-corrected chi connectivity index (χ1v) is 5.64. The molecule has 0 amide bonds. The normalized spacial score (nSPS) is 10.3. The lowest BCUT2D eigenvalue weighted by atomic mass is 10.1. The quantitative estimate of drug-likeness (QED) is 0.878. The molecule has 1 aromatic carbocycles. The van der Waals surface area contributed by atoms with Crippen molar-refractivity contribution in [2.24, 2.45) is 0 Å². The highest BCUT2D eigenvalue weighted by Gasteiger charge is 2.11. The summed E-state index contributed by atoms with van der Waals surface area (Å²) < 4.78 is 10.2. The highest BCUT2D eigenvalue weighted by molar-refractivity contribution is 5.84. The van der Waals surface area contributed by atoms with E-state index in [1.165, 1.54) is 5.56 Å². The fourth-order valence-electron chi connectivity index (χ4n) is 1.52. The third-order valence-corrected chi connectivity index (χ3v) is 2.37. The molecule has 94 valence electrons. The summed E-state index contributed by atoms with van der Waals surface area (Å²) in [6, 6.07) is 7.52. The summed E-state index contributed by atoms with van der Waals surface area (Å²) >= 11 is 0. The Morgan fingerprint density at radius 1 is 1.39 bits per heavy atom.